The molecule has 2 unspecified atom stereocenters. The third kappa shape index (κ3) is 5.40. The van der Waals surface area contributed by atoms with E-state index in [0.717, 1.165) is 23.4 Å². The van der Waals surface area contributed by atoms with Gasteiger partial charge in [0, 0.05) is 12.1 Å². The highest BCUT2D eigenvalue weighted by Gasteiger charge is 2.19. The van der Waals surface area contributed by atoms with Crippen molar-refractivity contribution in [3.63, 3.8) is 0 Å². The maximum absolute atomic E-state index is 13.4. The number of ether oxygens (including phenoxy) is 1. The van der Waals surface area contributed by atoms with Crippen molar-refractivity contribution in [3.05, 3.63) is 65.2 Å². The summed E-state index contributed by atoms with van der Waals surface area (Å²) in [7, 11) is 5.44. The summed E-state index contributed by atoms with van der Waals surface area (Å²) in [6, 6.07) is 10.2. The minimum absolute atomic E-state index is 0.0922. The highest BCUT2D eigenvalue weighted by molar-refractivity contribution is 5.74. The van der Waals surface area contributed by atoms with Gasteiger partial charge in [-0.2, -0.15) is 0 Å². The van der Waals surface area contributed by atoms with Crippen LogP contribution in [0.1, 0.15) is 30.1 Å². The second-order valence-electron chi connectivity index (χ2n) is 6.47. The van der Waals surface area contributed by atoms with E-state index in [1.807, 2.05) is 43.3 Å². The fourth-order valence-electron chi connectivity index (χ4n) is 2.81. The first kappa shape index (κ1) is 20.6. The van der Waals surface area contributed by atoms with Gasteiger partial charge in [-0.05, 0) is 44.8 Å². The van der Waals surface area contributed by atoms with E-state index in [4.69, 9.17) is 4.74 Å². The molecule has 0 aliphatic carbocycles. The fraction of sp³-hybridized carbons (Fsp3) is 0.350. The number of urea groups is 1. The van der Waals surface area contributed by atoms with Crippen LogP contribution < -0.4 is 15.4 Å². The number of nitrogens with zero attached hydrogens (tertiary/aromatic N) is 1. The maximum Gasteiger partial charge on any atom is 0.315 e. The molecule has 2 rings (SSSR count). The first-order valence-corrected chi connectivity index (χ1v) is 8.62. The number of carbonyl (C=O) groups is 1. The fourth-order valence-corrected chi connectivity index (χ4v) is 2.81. The monoisotopic (exact) mass is 377 g/mol. The SMILES string of the molecule is COc1ccccc1C(CNC(=O)NC(C)c1ccc(F)c(F)c1)N(C)C. The van der Waals surface area contributed by atoms with Gasteiger partial charge >= 0.3 is 6.03 Å². The number of halogens is 2. The third-order valence-electron chi connectivity index (χ3n) is 4.37. The molecule has 5 nitrogen and oxygen atoms in total. The van der Waals surface area contributed by atoms with Gasteiger partial charge in [-0.25, -0.2) is 13.6 Å². The lowest BCUT2D eigenvalue weighted by Gasteiger charge is -2.27. The molecule has 0 aliphatic rings. The molecule has 2 aromatic carbocycles. The molecule has 2 amide bonds. The third-order valence-corrected chi connectivity index (χ3v) is 4.37. The van der Waals surface area contributed by atoms with Crippen LogP contribution in [0.2, 0.25) is 0 Å². The Morgan fingerprint density at radius 1 is 1.15 bits per heavy atom. The topological polar surface area (TPSA) is 53.6 Å². The molecular weight excluding hydrogens is 352 g/mol. The Balaban J connectivity index is 2.00. The minimum Gasteiger partial charge on any atom is -0.496 e. The molecule has 0 aliphatic heterocycles. The Hall–Kier alpha value is -2.67. The molecular formula is C20H25F2N3O2. The molecule has 0 heterocycles. The van der Waals surface area contributed by atoms with Gasteiger partial charge in [-0.3, -0.25) is 0 Å². The summed E-state index contributed by atoms with van der Waals surface area (Å²) in [5.74, 6) is -1.11. The normalized spacial score (nSPS) is 13.1. The van der Waals surface area contributed by atoms with Gasteiger partial charge in [-0.1, -0.05) is 24.3 Å². The average molecular weight is 377 g/mol. The summed E-state index contributed by atoms with van der Waals surface area (Å²) in [6.07, 6.45) is 0. The molecule has 0 fully saturated rings. The van der Waals surface area contributed by atoms with E-state index < -0.39 is 23.7 Å². The van der Waals surface area contributed by atoms with Gasteiger partial charge in [0.15, 0.2) is 11.6 Å². The summed E-state index contributed by atoms with van der Waals surface area (Å²) < 4.78 is 31.8. The zero-order valence-electron chi connectivity index (χ0n) is 15.9. The van der Waals surface area contributed by atoms with Crippen LogP contribution in [0.15, 0.2) is 42.5 Å². The van der Waals surface area contributed by atoms with Crippen molar-refractivity contribution in [2.75, 3.05) is 27.7 Å². The number of nitrogens with one attached hydrogen (secondary N) is 2. The van der Waals surface area contributed by atoms with E-state index in [9.17, 15) is 13.6 Å². The van der Waals surface area contributed by atoms with Crippen LogP contribution in [0.4, 0.5) is 13.6 Å². The Morgan fingerprint density at radius 3 is 2.48 bits per heavy atom. The predicted octanol–water partition coefficient (Wildman–Crippen LogP) is 3.64. The highest BCUT2D eigenvalue weighted by Crippen LogP contribution is 2.27. The number of hydrogen-bond donors (Lipinski definition) is 2. The van der Waals surface area contributed by atoms with Crippen LogP contribution in [0.25, 0.3) is 0 Å². The van der Waals surface area contributed by atoms with Crippen molar-refractivity contribution >= 4 is 6.03 Å². The number of amides is 2. The largest absolute Gasteiger partial charge is 0.496 e. The number of hydrogen-bond acceptors (Lipinski definition) is 3. The van der Waals surface area contributed by atoms with E-state index in [1.165, 1.54) is 6.07 Å². The zero-order chi connectivity index (χ0) is 20.0. The van der Waals surface area contributed by atoms with E-state index in [1.54, 1.807) is 14.0 Å². The molecule has 0 radical (unpaired) electrons. The maximum atomic E-state index is 13.4. The lowest BCUT2D eigenvalue weighted by molar-refractivity contribution is 0.229. The van der Waals surface area contributed by atoms with Gasteiger partial charge in [0.25, 0.3) is 0 Å². The van der Waals surface area contributed by atoms with Gasteiger partial charge in [0.2, 0.25) is 0 Å². The summed E-state index contributed by atoms with van der Waals surface area (Å²) >= 11 is 0. The predicted molar refractivity (Wildman–Crippen MR) is 101 cm³/mol. The zero-order valence-corrected chi connectivity index (χ0v) is 15.9. The molecule has 2 aromatic rings. The molecule has 2 atom stereocenters. The first-order chi connectivity index (χ1) is 12.8. The van der Waals surface area contributed by atoms with Crippen molar-refractivity contribution in [1.29, 1.82) is 0 Å². The first-order valence-electron chi connectivity index (χ1n) is 8.62. The Labute approximate surface area is 158 Å². The Bertz CT molecular complexity index is 784. The summed E-state index contributed by atoms with van der Waals surface area (Å²) in [4.78, 5) is 14.2. The minimum atomic E-state index is -0.939. The molecule has 7 heteroatoms. The van der Waals surface area contributed by atoms with Crippen molar-refractivity contribution in [3.8, 4) is 5.75 Å². The lowest BCUT2D eigenvalue weighted by Crippen LogP contribution is -2.41. The molecule has 0 aromatic heterocycles. The van der Waals surface area contributed by atoms with Crippen LogP contribution in [0, 0.1) is 11.6 Å². The number of rotatable bonds is 7. The summed E-state index contributed by atoms with van der Waals surface area (Å²) in [5.41, 5.74) is 1.44. The Morgan fingerprint density at radius 2 is 1.85 bits per heavy atom. The van der Waals surface area contributed by atoms with Crippen LogP contribution >= 0.6 is 0 Å². The molecule has 146 valence electrons. The average Bonchev–Trinajstić information content (AvgIpc) is 2.64. The number of methoxy groups -OCH3 is 1. The number of benzene rings is 2. The number of likely N-dealkylation sites (N-methyl/N-ethyl adjacent to an activating group) is 1. The van der Waals surface area contributed by atoms with Crippen LogP contribution in [-0.2, 0) is 0 Å². The molecule has 0 bridgehead atoms. The molecule has 0 spiro atoms. The Kier molecular flexibility index (Phi) is 7.12. The van der Waals surface area contributed by atoms with Crippen LogP contribution in [0.3, 0.4) is 0 Å². The van der Waals surface area contributed by atoms with E-state index >= 15 is 0 Å². The van der Waals surface area contributed by atoms with Gasteiger partial charge in [-0.15, -0.1) is 0 Å². The van der Waals surface area contributed by atoms with E-state index in [-0.39, 0.29) is 6.04 Å². The van der Waals surface area contributed by atoms with E-state index in [0.29, 0.717) is 12.1 Å². The van der Waals surface area contributed by atoms with Crippen molar-refractivity contribution < 1.29 is 18.3 Å². The van der Waals surface area contributed by atoms with Crippen molar-refractivity contribution in [2.45, 2.75) is 19.0 Å². The highest BCUT2D eigenvalue weighted by atomic mass is 19.2. The van der Waals surface area contributed by atoms with Gasteiger partial charge < -0.3 is 20.3 Å². The smallest absolute Gasteiger partial charge is 0.315 e. The van der Waals surface area contributed by atoms with Gasteiger partial charge in [0.05, 0.1) is 19.2 Å². The van der Waals surface area contributed by atoms with Crippen molar-refractivity contribution in [1.82, 2.24) is 15.5 Å². The van der Waals surface area contributed by atoms with Crippen LogP contribution in [0.5, 0.6) is 5.75 Å². The second kappa shape index (κ2) is 9.32. The molecule has 2 N–H and O–H groups in total. The van der Waals surface area contributed by atoms with Crippen molar-refractivity contribution in [2.24, 2.45) is 0 Å². The summed E-state index contributed by atoms with van der Waals surface area (Å²) in [6.45, 7) is 2.06. The number of para-hydroxylation sites is 1. The standard InChI is InChI=1S/C20H25F2N3O2/c1-13(14-9-10-16(21)17(22)11-14)24-20(26)23-12-18(25(2)3)15-7-5-6-8-19(15)27-4/h5-11,13,18H,12H2,1-4H3,(H2,23,24,26). The van der Waals surface area contributed by atoms with Gasteiger partial charge in [0.1, 0.15) is 5.75 Å². The lowest BCUT2D eigenvalue weighted by atomic mass is 10.0. The molecule has 27 heavy (non-hydrogen) atoms. The molecule has 0 saturated carbocycles. The number of carbonyl (C=O) groups excluding carboxylic acids is 1. The second-order valence-corrected chi connectivity index (χ2v) is 6.47. The van der Waals surface area contributed by atoms with Crippen LogP contribution in [-0.4, -0.2) is 38.7 Å². The van der Waals surface area contributed by atoms with E-state index in [2.05, 4.69) is 10.6 Å². The summed E-state index contributed by atoms with van der Waals surface area (Å²) in [5, 5.41) is 5.55. The quantitative estimate of drug-likeness (QED) is 0.775. The molecule has 0 saturated heterocycles.